The molecule has 0 aromatic heterocycles. The Hall–Kier alpha value is -2.24. The maximum atomic E-state index is 12.7. The van der Waals surface area contributed by atoms with Crippen LogP contribution in [0.3, 0.4) is 0 Å². The second-order valence-corrected chi connectivity index (χ2v) is 7.46. The van der Waals surface area contributed by atoms with Crippen LogP contribution in [0.4, 0.5) is 0 Å². The number of nitrogens with one attached hydrogen (secondary N) is 3. The van der Waals surface area contributed by atoms with Crippen molar-refractivity contribution in [3.8, 4) is 0 Å². The zero-order valence-electron chi connectivity index (χ0n) is 17.5. The Balaban J connectivity index is 5.44. The van der Waals surface area contributed by atoms with Crippen LogP contribution in [-0.4, -0.2) is 75.9 Å². The molecule has 6 atom stereocenters. The summed E-state index contributed by atoms with van der Waals surface area (Å²) in [6.45, 7) is 7.37. The van der Waals surface area contributed by atoms with E-state index in [-0.39, 0.29) is 5.92 Å². The highest BCUT2D eigenvalue weighted by molar-refractivity contribution is 5.94. The number of carbonyl (C=O) groups is 4. The highest BCUT2D eigenvalue weighted by atomic mass is 16.4. The fraction of sp³-hybridized carbons (Fsp3) is 0.778. The standard InChI is InChI=1S/C18H34N4O7/c1-6-9(4)13(21-15(25)11(19)7-23)16(26)22-14(10(5)24)17(27)20-12(8(2)3)18(28)29/h8-14,23-24H,6-7,19H2,1-5H3,(H,20,27)(H,21,25)(H,22,26)(H,28,29). The number of aliphatic hydroxyl groups excluding tert-OH is 2. The molecule has 0 heterocycles. The quantitative estimate of drug-likeness (QED) is 0.188. The molecule has 0 bridgehead atoms. The molecule has 0 aliphatic heterocycles. The molecule has 0 aromatic rings. The fourth-order valence-corrected chi connectivity index (χ4v) is 2.45. The fourth-order valence-electron chi connectivity index (χ4n) is 2.45. The van der Waals surface area contributed by atoms with Gasteiger partial charge in [-0.15, -0.1) is 0 Å². The smallest absolute Gasteiger partial charge is 0.326 e. The molecule has 168 valence electrons. The number of amides is 3. The molecule has 6 unspecified atom stereocenters. The van der Waals surface area contributed by atoms with Crippen molar-refractivity contribution >= 4 is 23.7 Å². The minimum absolute atomic E-state index is 0.343. The summed E-state index contributed by atoms with van der Waals surface area (Å²) >= 11 is 0. The van der Waals surface area contributed by atoms with E-state index in [1.165, 1.54) is 6.92 Å². The molecule has 0 fully saturated rings. The molecule has 0 aromatic carbocycles. The van der Waals surface area contributed by atoms with Crippen LogP contribution in [0.2, 0.25) is 0 Å². The van der Waals surface area contributed by atoms with Gasteiger partial charge in [0.1, 0.15) is 24.2 Å². The van der Waals surface area contributed by atoms with E-state index in [4.69, 9.17) is 10.8 Å². The van der Waals surface area contributed by atoms with Crippen LogP contribution in [-0.2, 0) is 19.2 Å². The molecule has 8 N–H and O–H groups in total. The highest BCUT2D eigenvalue weighted by Gasteiger charge is 2.34. The Bertz CT molecular complexity index is 583. The highest BCUT2D eigenvalue weighted by Crippen LogP contribution is 2.10. The summed E-state index contributed by atoms with van der Waals surface area (Å²) in [5.74, 6) is -4.35. The largest absolute Gasteiger partial charge is 0.480 e. The molecule has 0 saturated heterocycles. The van der Waals surface area contributed by atoms with Gasteiger partial charge in [-0.1, -0.05) is 34.1 Å². The van der Waals surface area contributed by atoms with E-state index in [1.54, 1.807) is 27.7 Å². The van der Waals surface area contributed by atoms with Crippen LogP contribution in [0.1, 0.15) is 41.0 Å². The van der Waals surface area contributed by atoms with Gasteiger partial charge in [-0.05, 0) is 18.8 Å². The molecular weight excluding hydrogens is 384 g/mol. The van der Waals surface area contributed by atoms with E-state index in [0.717, 1.165) is 0 Å². The summed E-state index contributed by atoms with van der Waals surface area (Å²) in [5, 5.41) is 35.3. The van der Waals surface area contributed by atoms with Gasteiger partial charge in [0, 0.05) is 0 Å². The zero-order valence-corrected chi connectivity index (χ0v) is 17.5. The molecule has 11 nitrogen and oxygen atoms in total. The predicted octanol–water partition coefficient (Wildman–Crippen LogP) is -2.07. The first kappa shape index (κ1) is 26.8. The van der Waals surface area contributed by atoms with Crippen LogP contribution in [0.15, 0.2) is 0 Å². The van der Waals surface area contributed by atoms with Gasteiger partial charge in [0.2, 0.25) is 17.7 Å². The Morgan fingerprint density at radius 2 is 1.31 bits per heavy atom. The third kappa shape index (κ3) is 8.34. The van der Waals surface area contributed by atoms with Gasteiger partial charge in [-0.25, -0.2) is 4.79 Å². The number of rotatable bonds is 12. The summed E-state index contributed by atoms with van der Waals surface area (Å²) in [6.07, 6.45) is -0.819. The van der Waals surface area contributed by atoms with Crippen molar-refractivity contribution in [1.82, 2.24) is 16.0 Å². The molecule has 0 aliphatic rings. The van der Waals surface area contributed by atoms with Gasteiger partial charge in [0.05, 0.1) is 12.7 Å². The van der Waals surface area contributed by atoms with E-state index in [0.29, 0.717) is 6.42 Å². The summed E-state index contributed by atoms with van der Waals surface area (Å²) in [7, 11) is 0. The Kier molecular flexibility index (Phi) is 11.4. The van der Waals surface area contributed by atoms with Crippen molar-refractivity contribution in [2.75, 3.05) is 6.61 Å². The van der Waals surface area contributed by atoms with Crippen LogP contribution in [0.5, 0.6) is 0 Å². The first-order chi connectivity index (χ1) is 13.4. The average Bonchev–Trinajstić information content (AvgIpc) is 2.65. The van der Waals surface area contributed by atoms with Crippen molar-refractivity contribution in [3.63, 3.8) is 0 Å². The molecule has 0 spiro atoms. The van der Waals surface area contributed by atoms with Gasteiger partial charge in [0.25, 0.3) is 0 Å². The number of nitrogens with two attached hydrogens (primary N) is 1. The van der Waals surface area contributed by atoms with Gasteiger partial charge in [-0.2, -0.15) is 0 Å². The number of carboxylic acid groups (broad SMARTS) is 1. The maximum Gasteiger partial charge on any atom is 0.326 e. The van der Waals surface area contributed by atoms with Gasteiger partial charge < -0.3 is 37.0 Å². The number of hydrogen-bond donors (Lipinski definition) is 7. The Morgan fingerprint density at radius 3 is 1.69 bits per heavy atom. The summed E-state index contributed by atoms with van der Waals surface area (Å²) in [5.41, 5.74) is 5.46. The van der Waals surface area contributed by atoms with Gasteiger partial charge in [0.15, 0.2) is 0 Å². The van der Waals surface area contributed by atoms with Crippen LogP contribution >= 0.6 is 0 Å². The summed E-state index contributed by atoms with van der Waals surface area (Å²) in [6, 6.07) is -4.92. The molecule has 0 aliphatic carbocycles. The van der Waals surface area contributed by atoms with Crippen molar-refractivity contribution in [3.05, 3.63) is 0 Å². The molecule has 0 radical (unpaired) electrons. The number of aliphatic carboxylic acids is 1. The summed E-state index contributed by atoms with van der Waals surface area (Å²) in [4.78, 5) is 48.5. The zero-order chi connectivity index (χ0) is 22.9. The van der Waals surface area contributed by atoms with Crippen molar-refractivity contribution < 1.29 is 34.5 Å². The lowest BCUT2D eigenvalue weighted by Crippen LogP contribution is -2.61. The van der Waals surface area contributed by atoms with E-state index < -0.39 is 66.5 Å². The topological polar surface area (TPSA) is 191 Å². The first-order valence-corrected chi connectivity index (χ1v) is 9.55. The predicted molar refractivity (Wildman–Crippen MR) is 104 cm³/mol. The second-order valence-electron chi connectivity index (χ2n) is 7.46. The monoisotopic (exact) mass is 418 g/mol. The van der Waals surface area contributed by atoms with Gasteiger partial charge >= 0.3 is 5.97 Å². The second kappa shape index (κ2) is 12.3. The molecule has 0 saturated carbocycles. The number of carboxylic acids is 1. The van der Waals surface area contributed by atoms with Crippen LogP contribution in [0, 0.1) is 11.8 Å². The third-order valence-electron chi connectivity index (χ3n) is 4.62. The summed E-state index contributed by atoms with van der Waals surface area (Å²) < 4.78 is 0. The van der Waals surface area contributed by atoms with Gasteiger partial charge in [-0.3, -0.25) is 14.4 Å². The van der Waals surface area contributed by atoms with Crippen LogP contribution < -0.4 is 21.7 Å². The average molecular weight is 418 g/mol. The molecule has 29 heavy (non-hydrogen) atoms. The van der Waals surface area contributed by atoms with Crippen LogP contribution in [0.25, 0.3) is 0 Å². The SMILES string of the molecule is CCC(C)C(NC(=O)C(N)CO)C(=O)NC(C(=O)NC(C(=O)O)C(C)C)C(C)O. The van der Waals surface area contributed by atoms with E-state index >= 15 is 0 Å². The minimum Gasteiger partial charge on any atom is -0.480 e. The normalized spacial score (nSPS) is 17.4. The van der Waals surface area contributed by atoms with Crippen molar-refractivity contribution in [2.45, 2.75) is 71.3 Å². The lowest BCUT2D eigenvalue weighted by Gasteiger charge is -2.29. The molecular formula is C18H34N4O7. The third-order valence-corrected chi connectivity index (χ3v) is 4.62. The van der Waals surface area contributed by atoms with E-state index in [9.17, 15) is 29.4 Å². The number of aliphatic hydroxyl groups is 2. The number of hydrogen-bond acceptors (Lipinski definition) is 7. The lowest BCUT2D eigenvalue weighted by atomic mass is 9.97. The van der Waals surface area contributed by atoms with E-state index in [2.05, 4.69) is 16.0 Å². The molecule has 0 rings (SSSR count). The molecule has 11 heteroatoms. The lowest BCUT2D eigenvalue weighted by molar-refractivity contribution is -0.144. The Labute approximate surface area is 170 Å². The minimum atomic E-state index is -1.43. The number of carbonyl (C=O) groups excluding carboxylic acids is 3. The van der Waals surface area contributed by atoms with E-state index in [1.807, 2.05) is 0 Å². The first-order valence-electron chi connectivity index (χ1n) is 9.55. The maximum absolute atomic E-state index is 12.7. The molecule has 3 amide bonds. The van der Waals surface area contributed by atoms with Crippen molar-refractivity contribution in [2.24, 2.45) is 17.6 Å². The Morgan fingerprint density at radius 1 is 0.862 bits per heavy atom. The van der Waals surface area contributed by atoms with Crippen molar-refractivity contribution in [1.29, 1.82) is 0 Å².